The van der Waals surface area contributed by atoms with E-state index in [4.69, 9.17) is 10.8 Å². The van der Waals surface area contributed by atoms with Crippen molar-refractivity contribution in [3.05, 3.63) is 0 Å². The minimum Gasteiger partial charge on any atom is -0.394 e. The summed E-state index contributed by atoms with van der Waals surface area (Å²) in [5.74, 6) is -0.112. The van der Waals surface area contributed by atoms with Gasteiger partial charge in [-0.15, -0.1) is 0 Å². The molecule has 58 valence electrons. The fourth-order valence-corrected chi connectivity index (χ4v) is 1.15. The average molecular weight is 144 g/mol. The van der Waals surface area contributed by atoms with E-state index in [1.807, 2.05) is 0 Å². The molecule has 0 aromatic carbocycles. The first-order valence-electron chi connectivity index (χ1n) is 3.39. The minimum absolute atomic E-state index is 0.0161. The van der Waals surface area contributed by atoms with Crippen molar-refractivity contribution < 1.29 is 9.90 Å². The van der Waals surface area contributed by atoms with Gasteiger partial charge in [-0.05, 0) is 6.42 Å². The summed E-state index contributed by atoms with van der Waals surface area (Å²) in [6.07, 6.45) is 0.672. The van der Waals surface area contributed by atoms with Gasteiger partial charge in [-0.1, -0.05) is 0 Å². The minimum atomic E-state index is -0.0860. The number of rotatable bonds is 2. The van der Waals surface area contributed by atoms with Gasteiger partial charge in [-0.2, -0.15) is 0 Å². The Kier molecular flexibility index (Phi) is 2.24. The Morgan fingerprint density at radius 1 is 1.80 bits per heavy atom. The van der Waals surface area contributed by atoms with Gasteiger partial charge < -0.3 is 16.2 Å². The Hall–Kier alpha value is -0.610. The Morgan fingerprint density at radius 3 is 2.80 bits per heavy atom. The highest BCUT2D eigenvalue weighted by atomic mass is 16.3. The second kappa shape index (κ2) is 2.98. The van der Waals surface area contributed by atoms with Gasteiger partial charge in [0.15, 0.2) is 0 Å². The predicted molar refractivity (Wildman–Crippen MR) is 36.2 cm³/mol. The molecule has 0 radical (unpaired) electrons. The molecule has 0 aliphatic carbocycles. The van der Waals surface area contributed by atoms with Crippen molar-refractivity contribution in [2.45, 2.75) is 12.5 Å². The van der Waals surface area contributed by atoms with E-state index in [0.29, 0.717) is 13.0 Å². The molecule has 0 aromatic rings. The van der Waals surface area contributed by atoms with Gasteiger partial charge in [0.1, 0.15) is 0 Å². The number of carbonyl (C=O) groups excluding carboxylic acids is 1. The summed E-state index contributed by atoms with van der Waals surface area (Å²) in [5, 5.41) is 11.3. The summed E-state index contributed by atoms with van der Waals surface area (Å²) >= 11 is 0. The third-order valence-corrected chi connectivity index (χ3v) is 1.79. The van der Waals surface area contributed by atoms with Gasteiger partial charge in [-0.25, -0.2) is 0 Å². The molecule has 0 saturated carbocycles. The van der Waals surface area contributed by atoms with Crippen LogP contribution in [0.25, 0.3) is 0 Å². The second-order valence-electron chi connectivity index (χ2n) is 2.56. The molecule has 4 nitrogen and oxygen atoms in total. The molecule has 1 fully saturated rings. The number of aliphatic hydroxyl groups excluding tert-OH is 1. The number of aliphatic hydroxyl groups is 1. The smallest absolute Gasteiger partial charge is 0.224 e. The first kappa shape index (κ1) is 7.50. The molecule has 1 rings (SSSR count). The first-order chi connectivity index (χ1) is 4.77. The Balaban J connectivity index is 2.44. The molecule has 2 atom stereocenters. The van der Waals surface area contributed by atoms with E-state index in [-0.39, 0.29) is 24.5 Å². The van der Waals surface area contributed by atoms with Crippen molar-refractivity contribution in [2.75, 3.05) is 13.2 Å². The normalized spacial score (nSPS) is 32.4. The first-order valence-corrected chi connectivity index (χ1v) is 3.39. The summed E-state index contributed by atoms with van der Waals surface area (Å²) in [6.45, 7) is 0.393. The lowest BCUT2D eigenvalue weighted by atomic mass is 10.1. The third-order valence-electron chi connectivity index (χ3n) is 1.79. The van der Waals surface area contributed by atoms with Crippen molar-refractivity contribution in [2.24, 2.45) is 11.7 Å². The van der Waals surface area contributed by atoms with E-state index in [1.54, 1.807) is 0 Å². The molecule has 0 bridgehead atoms. The largest absolute Gasteiger partial charge is 0.394 e. The van der Waals surface area contributed by atoms with Gasteiger partial charge >= 0.3 is 0 Å². The van der Waals surface area contributed by atoms with Crippen LogP contribution in [0, 0.1) is 5.92 Å². The van der Waals surface area contributed by atoms with Crippen LogP contribution in [0.15, 0.2) is 0 Å². The molecule has 4 heteroatoms. The fraction of sp³-hybridized carbons (Fsp3) is 0.833. The van der Waals surface area contributed by atoms with Gasteiger partial charge in [0, 0.05) is 6.54 Å². The van der Waals surface area contributed by atoms with E-state index in [0.717, 1.165) is 0 Å². The number of carbonyl (C=O) groups is 1. The summed E-state index contributed by atoms with van der Waals surface area (Å²) in [4.78, 5) is 10.9. The van der Waals surface area contributed by atoms with Gasteiger partial charge in [-0.3, -0.25) is 4.79 Å². The van der Waals surface area contributed by atoms with Crippen molar-refractivity contribution in [3.8, 4) is 0 Å². The van der Waals surface area contributed by atoms with Crippen LogP contribution in [0.3, 0.4) is 0 Å². The highest BCUT2D eigenvalue weighted by molar-refractivity contribution is 5.81. The molecular formula is C6H12N2O2. The topological polar surface area (TPSA) is 75.3 Å². The quantitative estimate of drug-likeness (QED) is 0.439. The standard InChI is InChI=1S/C6H12N2O2/c7-2-4-1-5(3-9)8-6(4)10/h4-5,9H,1-3,7H2,(H,8,10). The Morgan fingerprint density at radius 2 is 2.50 bits per heavy atom. The molecule has 1 heterocycles. The molecule has 4 N–H and O–H groups in total. The zero-order chi connectivity index (χ0) is 7.56. The van der Waals surface area contributed by atoms with E-state index < -0.39 is 0 Å². The van der Waals surface area contributed by atoms with E-state index >= 15 is 0 Å². The van der Waals surface area contributed by atoms with Gasteiger partial charge in [0.05, 0.1) is 18.6 Å². The summed E-state index contributed by atoms with van der Waals surface area (Å²) in [5.41, 5.74) is 5.30. The van der Waals surface area contributed by atoms with Gasteiger partial charge in [0.2, 0.25) is 5.91 Å². The van der Waals surface area contributed by atoms with Crippen molar-refractivity contribution in [3.63, 3.8) is 0 Å². The molecule has 2 unspecified atom stereocenters. The van der Waals surface area contributed by atoms with E-state index in [9.17, 15) is 4.79 Å². The lowest BCUT2D eigenvalue weighted by molar-refractivity contribution is -0.122. The number of amides is 1. The molecular weight excluding hydrogens is 132 g/mol. The monoisotopic (exact) mass is 144 g/mol. The number of hydrogen-bond acceptors (Lipinski definition) is 3. The number of nitrogens with one attached hydrogen (secondary N) is 1. The summed E-state index contributed by atoms with van der Waals surface area (Å²) in [6, 6.07) is -0.0685. The van der Waals surface area contributed by atoms with Gasteiger partial charge in [0.25, 0.3) is 0 Å². The number of hydrogen-bond donors (Lipinski definition) is 3. The highest BCUT2D eigenvalue weighted by Gasteiger charge is 2.29. The maximum atomic E-state index is 10.9. The summed E-state index contributed by atoms with van der Waals surface area (Å²) in [7, 11) is 0. The molecule has 1 amide bonds. The van der Waals surface area contributed by atoms with Crippen LogP contribution >= 0.6 is 0 Å². The van der Waals surface area contributed by atoms with Crippen LogP contribution in [0.2, 0.25) is 0 Å². The lowest BCUT2D eigenvalue weighted by Gasteiger charge is -2.02. The molecule has 10 heavy (non-hydrogen) atoms. The van der Waals surface area contributed by atoms with E-state index in [1.165, 1.54) is 0 Å². The molecule has 1 aliphatic heterocycles. The van der Waals surface area contributed by atoms with Crippen LogP contribution in [-0.4, -0.2) is 30.2 Å². The molecule has 0 aromatic heterocycles. The average Bonchev–Trinajstić information content (AvgIpc) is 2.30. The van der Waals surface area contributed by atoms with Crippen LogP contribution in [0.4, 0.5) is 0 Å². The zero-order valence-corrected chi connectivity index (χ0v) is 5.71. The SMILES string of the molecule is NCC1CC(CO)NC1=O. The Labute approximate surface area is 59.4 Å². The Bertz CT molecular complexity index is 138. The van der Waals surface area contributed by atoms with Crippen molar-refractivity contribution in [1.29, 1.82) is 0 Å². The van der Waals surface area contributed by atoms with Crippen LogP contribution in [0.5, 0.6) is 0 Å². The summed E-state index contributed by atoms with van der Waals surface area (Å²) < 4.78 is 0. The molecule has 1 saturated heterocycles. The van der Waals surface area contributed by atoms with E-state index in [2.05, 4.69) is 5.32 Å². The van der Waals surface area contributed by atoms with Crippen molar-refractivity contribution in [1.82, 2.24) is 5.32 Å². The third kappa shape index (κ3) is 1.27. The highest BCUT2D eigenvalue weighted by Crippen LogP contribution is 2.12. The number of nitrogens with two attached hydrogens (primary N) is 1. The van der Waals surface area contributed by atoms with Crippen LogP contribution < -0.4 is 11.1 Å². The van der Waals surface area contributed by atoms with Crippen LogP contribution in [-0.2, 0) is 4.79 Å². The second-order valence-corrected chi connectivity index (χ2v) is 2.56. The molecule has 1 aliphatic rings. The maximum Gasteiger partial charge on any atom is 0.224 e. The van der Waals surface area contributed by atoms with Crippen molar-refractivity contribution >= 4 is 5.91 Å². The lowest BCUT2D eigenvalue weighted by Crippen LogP contribution is -2.29. The predicted octanol–water partition coefficient (Wildman–Crippen LogP) is -1.56. The maximum absolute atomic E-state index is 10.9. The van der Waals surface area contributed by atoms with Crippen LogP contribution in [0.1, 0.15) is 6.42 Å². The fourth-order valence-electron chi connectivity index (χ4n) is 1.15. The zero-order valence-electron chi connectivity index (χ0n) is 5.71. The molecule has 0 spiro atoms.